The summed E-state index contributed by atoms with van der Waals surface area (Å²) in [5.74, 6) is -0.956. The van der Waals surface area contributed by atoms with Crippen molar-refractivity contribution in [1.29, 1.82) is 0 Å². The van der Waals surface area contributed by atoms with E-state index in [0.29, 0.717) is 22.6 Å². The van der Waals surface area contributed by atoms with Crippen molar-refractivity contribution in [3.8, 4) is 11.3 Å². The van der Waals surface area contributed by atoms with Gasteiger partial charge in [-0.25, -0.2) is 4.98 Å². The lowest BCUT2D eigenvalue weighted by molar-refractivity contribution is -0.117. The van der Waals surface area contributed by atoms with Crippen LogP contribution in [0.5, 0.6) is 0 Å². The third-order valence-electron chi connectivity index (χ3n) is 5.34. The van der Waals surface area contributed by atoms with E-state index in [4.69, 9.17) is 6.85 Å². The number of para-hydroxylation sites is 1. The van der Waals surface area contributed by atoms with E-state index in [1.165, 1.54) is 22.0 Å². The Morgan fingerprint density at radius 3 is 2.84 bits per heavy atom. The molecule has 3 heterocycles. The Morgan fingerprint density at radius 2 is 2.06 bits per heavy atom. The van der Waals surface area contributed by atoms with Crippen molar-refractivity contribution in [1.82, 2.24) is 25.3 Å². The number of aryl methyl sites for hydroxylation is 1. The van der Waals surface area contributed by atoms with E-state index in [9.17, 15) is 9.59 Å². The highest BCUT2D eigenvalue weighted by molar-refractivity contribution is 6.02. The number of carbonyl (C=O) groups excluding carboxylic acids is 2. The zero-order valence-electron chi connectivity index (χ0n) is 22.4. The molecule has 0 unspecified atom stereocenters. The van der Waals surface area contributed by atoms with Gasteiger partial charge in [0.05, 0.1) is 31.9 Å². The van der Waals surface area contributed by atoms with Crippen molar-refractivity contribution in [2.24, 2.45) is 13.0 Å². The maximum atomic E-state index is 12.8. The number of rotatable bonds is 5. The van der Waals surface area contributed by atoms with Crippen LogP contribution in [0.25, 0.3) is 11.3 Å². The van der Waals surface area contributed by atoms with Crippen LogP contribution in [0, 0.1) is 5.92 Å². The van der Waals surface area contributed by atoms with E-state index in [1.54, 1.807) is 32.3 Å². The van der Waals surface area contributed by atoms with Crippen molar-refractivity contribution in [3.63, 3.8) is 0 Å². The normalized spacial score (nSPS) is 18.7. The second kappa shape index (κ2) is 7.63. The fraction of sp³-hybridized carbons (Fsp3) is 0.318. The summed E-state index contributed by atoms with van der Waals surface area (Å²) in [4.78, 5) is 32.0. The summed E-state index contributed by atoms with van der Waals surface area (Å²) in [5.41, 5.74) is 2.17. The summed E-state index contributed by atoms with van der Waals surface area (Å²) in [6.45, 7) is -4.71. The molecule has 10 heteroatoms. The topological polar surface area (TPSA) is 117 Å². The smallest absolute Gasteiger partial charge is 0.254 e. The van der Waals surface area contributed by atoms with E-state index in [0.717, 1.165) is 12.8 Å². The summed E-state index contributed by atoms with van der Waals surface area (Å²) >= 11 is 0. The minimum atomic E-state index is -2.72. The molecule has 0 atom stereocenters. The number of anilines is 4. The highest BCUT2D eigenvalue weighted by atomic mass is 16.2. The van der Waals surface area contributed by atoms with Crippen molar-refractivity contribution in [3.05, 3.63) is 41.7 Å². The number of carbonyl (C=O) groups is 2. The van der Waals surface area contributed by atoms with Gasteiger partial charge in [0.25, 0.3) is 5.91 Å². The van der Waals surface area contributed by atoms with Gasteiger partial charge < -0.3 is 20.9 Å². The van der Waals surface area contributed by atoms with Gasteiger partial charge in [0.15, 0.2) is 0 Å². The average molecular weight is 438 g/mol. The largest absolute Gasteiger partial charge is 0.366 e. The molecule has 1 aromatic carbocycles. The molecule has 10 nitrogen and oxygen atoms in total. The SMILES string of the molecule is [2H]C([2H])([2H])NC(=O)c1cnc(NC(=O)C2CC2)cc1Nc1cccc2c1N(C)C([2H])([2H])c1nn(C)nc1-2. The highest BCUT2D eigenvalue weighted by Crippen LogP contribution is 2.42. The molecule has 1 fully saturated rings. The van der Waals surface area contributed by atoms with Crippen LogP contribution in [0.2, 0.25) is 0 Å². The molecule has 2 aliphatic rings. The quantitative estimate of drug-likeness (QED) is 0.561. The van der Waals surface area contributed by atoms with E-state index >= 15 is 0 Å². The highest BCUT2D eigenvalue weighted by Gasteiger charge is 2.30. The number of benzene rings is 1. The molecular formula is C22H24N8O2. The Balaban J connectivity index is 1.59. The van der Waals surface area contributed by atoms with Gasteiger partial charge in [-0.2, -0.15) is 15.0 Å². The fourth-order valence-corrected chi connectivity index (χ4v) is 3.67. The number of amides is 2. The monoisotopic (exact) mass is 437 g/mol. The van der Waals surface area contributed by atoms with Crippen molar-refractivity contribution >= 4 is 34.7 Å². The van der Waals surface area contributed by atoms with Gasteiger partial charge in [-0.05, 0) is 18.9 Å². The Kier molecular flexibility index (Phi) is 3.56. The Morgan fingerprint density at radius 1 is 1.22 bits per heavy atom. The molecular weight excluding hydrogens is 408 g/mol. The molecule has 3 N–H and O–H groups in total. The average Bonchev–Trinajstić information content (AvgIpc) is 3.58. The molecule has 2 amide bonds. The summed E-state index contributed by atoms with van der Waals surface area (Å²) in [5, 5.41) is 16.4. The Hall–Kier alpha value is -3.95. The van der Waals surface area contributed by atoms with Crippen LogP contribution in [-0.4, -0.2) is 45.8 Å². The molecule has 164 valence electrons. The number of nitrogens with one attached hydrogen (secondary N) is 3. The predicted octanol–water partition coefficient (Wildman–Crippen LogP) is 2.28. The number of hydrogen-bond acceptors (Lipinski definition) is 7. The van der Waals surface area contributed by atoms with Gasteiger partial charge in [-0.3, -0.25) is 9.59 Å². The van der Waals surface area contributed by atoms with E-state index in [2.05, 4.69) is 25.8 Å². The minimum absolute atomic E-state index is 0.0696. The van der Waals surface area contributed by atoms with Crippen LogP contribution in [0.15, 0.2) is 30.5 Å². The molecule has 0 radical (unpaired) electrons. The molecule has 32 heavy (non-hydrogen) atoms. The van der Waals surface area contributed by atoms with Gasteiger partial charge in [0, 0.05) is 48.9 Å². The number of fused-ring (bicyclic) bond motifs is 3. The van der Waals surface area contributed by atoms with E-state index in [1.807, 2.05) is 5.32 Å². The first kappa shape index (κ1) is 15.0. The van der Waals surface area contributed by atoms with Crippen LogP contribution in [-0.2, 0) is 18.3 Å². The van der Waals surface area contributed by atoms with Crippen molar-refractivity contribution in [2.45, 2.75) is 19.3 Å². The third-order valence-corrected chi connectivity index (χ3v) is 5.34. The van der Waals surface area contributed by atoms with Crippen molar-refractivity contribution < 1.29 is 16.4 Å². The third kappa shape index (κ3) is 3.53. The van der Waals surface area contributed by atoms with Crippen LogP contribution >= 0.6 is 0 Å². The standard InChI is InChI=1S/C22H24N8O2/c1-23-22(32)14-10-24-18(26-21(31)12-7-8-12)9-16(14)25-15-6-4-5-13-19-17(27-30(3)28-19)11-29(2)20(13)15/h4-6,9-10,12H,7-8,11H2,1-3H3,(H,23,32)(H2,24,25,26,31)/i1D3,11D2. The zero-order chi connectivity index (χ0) is 26.7. The minimum Gasteiger partial charge on any atom is -0.366 e. The van der Waals surface area contributed by atoms with Crippen LogP contribution in [0.4, 0.5) is 22.9 Å². The van der Waals surface area contributed by atoms with Gasteiger partial charge in [0.2, 0.25) is 5.91 Å². The lowest BCUT2D eigenvalue weighted by Gasteiger charge is -2.29. The second-order valence-electron chi connectivity index (χ2n) is 7.72. The maximum absolute atomic E-state index is 12.8. The first-order valence-electron chi connectivity index (χ1n) is 12.5. The molecule has 0 spiro atoms. The molecule has 0 saturated heterocycles. The lowest BCUT2D eigenvalue weighted by atomic mass is 10.0. The van der Waals surface area contributed by atoms with Gasteiger partial charge in [-0.1, -0.05) is 12.1 Å². The first-order chi connectivity index (χ1) is 17.3. The van der Waals surface area contributed by atoms with E-state index < -0.39 is 19.4 Å². The fourth-order valence-electron chi connectivity index (χ4n) is 3.67. The predicted molar refractivity (Wildman–Crippen MR) is 121 cm³/mol. The molecule has 5 rings (SSSR count). The maximum Gasteiger partial charge on any atom is 0.254 e. The Bertz CT molecular complexity index is 1420. The number of hydrogen-bond donors (Lipinski definition) is 3. The zero-order valence-corrected chi connectivity index (χ0v) is 17.4. The Labute approximate surface area is 192 Å². The van der Waals surface area contributed by atoms with Gasteiger partial charge >= 0.3 is 0 Å². The van der Waals surface area contributed by atoms with Crippen molar-refractivity contribution in [2.75, 3.05) is 29.6 Å². The summed E-state index contributed by atoms with van der Waals surface area (Å²) < 4.78 is 39.5. The lowest BCUT2D eigenvalue weighted by Crippen LogP contribution is -2.23. The van der Waals surface area contributed by atoms with E-state index in [-0.39, 0.29) is 34.6 Å². The first-order valence-corrected chi connectivity index (χ1v) is 10.0. The number of pyridine rings is 1. The molecule has 1 aliphatic carbocycles. The summed E-state index contributed by atoms with van der Waals surface area (Å²) in [6, 6.07) is 6.67. The number of nitrogens with zero attached hydrogens (tertiary/aromatic N) is 5. The molecule has 2 aromatic heterocycles. The number of aromatic nitrogens is 4. The molecule has 3 aromatic rings. The molecule has 1 aliphatic heterocycles. The molecule has 1 saturated carbocycles. The van der Waals surface area contributed by atoms with Crippen LogP contribution in [0.3, 0.4) is 0 Å². The van der Waals surface area contributed by atoms with Gasteiger partial charge in [-0.15, -0.1) is 0 Å². The molecule has 0 bridgehead atoms. The summed E-state index contributed by atoms with van der Waals surface area (Å²) in [6.07, 6.45) is 2.78. The van der Waals surface area contributed by atoms with Crippen LogP contribution in [0.1, 0.15) is 35.7 Å². The van der Waals surface area contributed by atoms with Crippen LogP contribution < -0.4 is 20.9 Å². The summed E-state index contributed by atoms with van der Waals surface area (Å²) in [7, 11) is 3.19. The second-order valence-corrected chi connectivity index (χ2v) is 7.72. The van der Waals surface area contributed by atoms with Gasteiger partial charge in [0.1, 0.15) is 17.2 Å².